The zero-order valence-electron chi connectivity index (χ0n) is 19.3. The quantitative estimate of drug-likeness (QED) is 0.553. The molecular weight excluding hydrogens is 402 g/mol. The summed E-state index contributed by atoms with van der Waals surface area (Å²) in [4.78, 5) is 12.0. The number of anilines is 1. The van der Waals surface area contributed by atoms with Gasteiger partial charge < -0.3 is 10.1 Å². The van der Waals surface area contributed by atoms with E-state index in [4.69, 9.17) is 4.74 Å². The summed E-state index contributed by atoms with van der Waals surface area (Å²) in [5.74, 6) is 1.15. The van der Waals surface area contributed by atoms with Crippen molar-refractivity contribution in [2.45, 2.75) is 58.9 Å². The highest BCUT2D eigenvalue weighted by atomic mass is 16.5. The molecule has 1 fully saturated rings. The standard InChI is InChI=1S/C25H31N5O2/c1-5-32-23(31)20-7-9-21(10-8-20)30-24(27-28-29-30)25(14-12-17(2)13-15-25)26-22-11-6-18(3)16-19(22)4/h6-11,16-17,26H,5,12-15H2,1-4H3. The number of aryl methyl sites for hydroxylation is 2. The summed E-state index contributed by atoms with van der Waals surface area (Å²) in [7, 11) is 0. The molecule has 0 radical (unpaired) electrons. The minimum atomic E-state index is -0.365. The van der Waals surface area contributed by atoms with E-state index in [1.54, 1.807) is 23.7 Å². The molecule has 0 saturated heterocycles. The molecule has 1 aliphatic rings. The molecule has 32 heavy (non-hydrogen) atoms. The Morgan fingerprint density at radius 1 is 1.16 bits per heavy atom. The lowest BCUT2D eigenvalue weighted by molar-refractivity contribution is 0.0526. The summed E-state index contributed by atoms with van der Waals surface area (Å²) in [5.41, 5.74) is 4.53. The highest BCUT2D eigenvalue weighted by molar-refractivity contribution is 5.89. The van der Waals surface area contributed by atoms with Crippen LogP contribution >= 0.6 is 0 Å². The van der Waals surface area contributed by atoms with E-state index in [0.29, 0.717) is 18.1 Å². The predicted molar refractivity (Wildman–Crippen MR) is 124 cm³/mol. The third-order valence-electron chi connectivity index (χ3n) is 6.40. The fourth-order valence-corrected chi connectivity index (χ4v) is 4.48. The molecule has 0 atom stereocenters. The van der Waals surface area contributed by atoms with Crippen LogP contribution in [0.4, 0.5) is 5.69 Å². The van der Waals surface area contributed by atoms with Crippen molar-refractivity contribution in [3.63, 3.8) is 0 Å². The Bertz CT molecular complexity index is 1080. The van der Waals surface area contributed by atoms with Crippen LogP contribution in [0.15, 0.2) is 42.5 Å². The van der Waals surface area contributed by atoms with Gasteiger partial charge in [-0.2, -0.15) is 4.68 Å². The average molecular weight is 434 g/mol. The topological polar surface area (TPSA) is 81.9 Å². The number of nitrogens with zero attached hydrogens (tertiary/aromatic N) is 4. The van der Waals surface area contributed by atoms with Gasteiger partial charge in [0.15, 0.2) is 5.82 Å². The minimum absolute atomic E-state index is 0.328. The van der Waals surface area contributed by atoms with Crippen LogP contribution in [0.3, 0.4) is 0 Å². The zero-order chi connectivity index (χ0) is 22.7. The molecule has 3 aromatic rings. The van der Waals surface area contributed by atoms with Gasteiger partial charge in [-0.3, -0.25) is 0 Å². The number of hydrogen-bond donors (Lipinski definition) is 1. The molecule has 1 aliphatic carbocycles. The van der Waals surface area contributed by atoms with Crippen molar-refractivity contribution >= 4 is 11.7 Å². The molecule has 1 N–H and O–H groups in total. The lowest BCUT2D eigenvalue weighted by Crippen LogP contribution is -2.41. The van der Waals surface area contributed by atoms with Gasteiger partial charge in [0.2, 0.25) is 0 Å². The van der Waals surface area contributed by atoms with Crippen molar-refractivity contribution in [3.8, 4) is 5.69 Å². The third kappa shape index (κ3) is 4.38. The summed E-state index contributed by atoms with van der Waals surface area (Å²) < 4.78 is 6.89. The number of rotatable bonds is 6. The summed E-state index contributed by atoms with van der Waals surface area (Å²) in [6, 6.07) is 13.7. The SMILES string of the molecule is CCOC(=O)c1ccc(-n2nnnc2C2(Nc3ccc(C)cc3C)CCC(C)CC2)cc1. The van der Waals surface area contributed by atoms with Gasteiger partial charge in [0.05, 0.1) is 23.4 Å². The monoisotopic (exact) mass is 433 g/mol. The molecule has 0 aliphatic heterocycles. The first-order valence-corrected chi connectivity index (χ1v) is 11.3. The van der Waals surface area contributed by atoms with Gasteiger partial charge in [-0.05, 0) is 98.7 Å². The van der Waals surface area contributed by atoms with E-state index in [-0.39, 0.29) is 11.5 Å². The second-order valence-electron chi connectivity index (χ2n) is 8.89. The first kappa shape index (κ1) is 22.0. The fourth-order valence-electron chi connectivity index (χ4n) is 4.48. The number of aromatic nitrogens is 4. The smallest absolute Gasteiger partial charge is 0.338 e. The zero-order valence-corrected chi connectivity index (χ0v) is 19.3. The van der Waals surface area contributed by atoms with Gasteiger partial charge in [0.1, 0.15) is 0 Å². The maximum atomic E-state index is 12.0. The highest BCUT2D eigenvalue weighted by Gasteiger charge is 2.41. The number of hydrogen-bond acceptors (Lipinski definition) is 6. The normalized spacial score (nSPS) is 20.7. The average Bonchev–Trinajstić information content (AvgIpc) is 3.28. The maximum absolute atomic E-state index is 12.0. The van der Waals surface area contributed by atoms with Crippen molar-refractivity contribution in [1.82, 2.24) is 20.2 Å². The van der Waals surface area contributed by atoms with Gasteiger partial charge in [-0.1, -0.05) is 24.6 Å². The van der Waals surface area contributed by atoms with Crippen LogP contribution in [0, 0.1) is 19.8 Å². The molecule has 168 valence electrons. The van der Waals surface area contributed by atoms with Crippen LogP contribution in [0.1, 0.15) is 66.8 Å². The lowest BCUT2D eigenvalue weighted by Gasteiger charge is -2.40. The Hall–Kier alpha value is -3.22. The van der Waals surface area contributed by atoms with Crippen LogP contribution < -0.4 is 5.32 Å². The van der Waals surface area contributed by atoms with Crippen LogP contribution in [0.5, 0.6) is 0 Å². The Balaban J connectivity index is 1.71. The van der Waals surface area contributed by atoms with Crippen LogP contribution in [-0.2, 0) is 10.3 Å². The molecule has 0 spiro atoms. The first-order chi connectivity index (χ1) is 15.4. The van der Waals surface area contributed by atoms with E-state index in [1.807, 2.05) is 12.1 Å². The Morgan fingerprint density at radius 2 is 1.88 bits per heavy atom. The van der Waals surface area contributed by atoms with Gasteiger partial charge in [0.25, 0.3) is 0 Å². The molecule has 4 rings (SSSR count). The number of esters is 1. The number of carbonyl (C=O) groups is 1. The second kappa shape index (κ2) is 9.10. The molecule has 1 heterocycles. The number of carbonyl (C=O) groups excluding carboxylic acids is 1. The molecule has 1 aromatic heterocycles. The van der Waals surface area contributed by atoms with E-state index in [2.05, 4.69) is 59.8 Å². The van der Waals surface area contributed by atoms with Gasteiger partial charge >= 0.3 is 5.97 Å². The van der Waals surface area contributed by atoms with Gasteiger partial charge in [-0.15, -0.1) is 5.10 Å². The Kier molecular flexibility index (Phi) is 6.26. The Morgan fingerprint density at radius 3 is 2.53 bits per heavy atom. The number of nitrogens with one attached hydrogen (secondary N) is 1. The molecule has 2 aromatic carbocycles. The first-order valence-electron chi connectivity index (χ1n) is 11.3. The van der Waals surface area contributed by atoms with Gasteiger partial charge in [-0.25, -0.2) is 4.79 Å². The highest BCUT2D eigenvalue weighted by Crippen LogP contribution is 2.42. The van der Waals surface area contributed by atoms with E-state index in [9.17, 15) is 4.79 Å². The van der Waals surface area contributed by atoms with Crippen molar-refractivity contribution in [3.05, 3.63) is 65.0 Å². The second-order valence-corrected chi connectivity index (χ2v) is 8.89. The van der Waals surface area contributed by atoms with Crippen LogP contribution in [-0.4, -0.2) is 32.8 Å². The van der Waals surface area contributed by atoms with Crippen molar-refractivity contribution in [2.75, 3.05) is 11.9 Å². The summed E-state index contributed by atoms with van der Waals surface area (Å²) >= 11 is 0. The summed E-state index contributed by atoms with van der Waals surface area (Å²) in [6.45, 7) is 8.69. The molecule has 7 heteroatoms. The van der Waals surface area contributed by atoms with E-state index in [0.717, 1.165) is 42.9 Å². The molecule has 0 bridgehead atoms. The number of benzene rings is 2. The van der Waals surface area contributed by atoms with Crippen LogP contribution in [0.2, 0.25) is 0 Å². The Labute approximate surface area is 189 Å². The summed E-state index contributed by atoms with van der Waals surface area (Å²) in [5, 5.41) is 16.7. The number of tetrazole rings is 1. The van der Waals surface area contributed by atoms with E-state index in [1.165, 1.54) is 11.1 Å². The molecule has 0 amide bonds. The molecule has 7 nitrogen and oxygen atoms in total. The summed E-state index contributed by atoms with van der Waals surface area (Å²) in [6.07, 6.45) is 4.10. The molecular formula is C25H31N5O2. The largest absolute Gasteiger partial charge is 0.462 e. The van der Waals surface area contributed by atoms with Gasteiger partial charge in [0, 0.05) is 5.69 Å². The molecule has 0 unspecified atom stereocenters. The maximum Gasteiger partial charge on any atom is 0.338 e. The molecule has 1 saturated carbocycles. The fraction of sp³-hybridized carbons (Fsp3) is 0.440. The third-order valence-corrected chi connectivity index (χ3v) is 6.40. The minimum Gasteiger partial charge on any atom is -0.462 e. The van der Waals surface area contributed by atoms with Crippen molar-refractivity contribution < 1.29 is 9.53 Å². The predicted octanol–water partition coefficient (Wildman–Crippen LogP) is 4.97. The van der Waals surface area contributed by atoms with E-state index < -0.39 is 0 Å². The lowest BCUT2D eigenvalue weighted by atomic mass is 9.76. The number of ether oxygens (including phenoxy) is 1. The van der Waals surface area contributed by atoms with Crippen molar-refractivity contribution in [1.29, 1.82) is 0 Å². The van der Waals surface area contributed by atoms with Crippen LogP contribution in [0.25, 0.3) is 5.69 Å². The van der Waals surface area contributed by atoms with E-state index >= 15 is 0 Å². The van der Waals surface area contributed by atoms with Crippen molar-refractivity contribution in [2.24, 2.45) is 5.92 Å².